The zero-order valence-corrected chi connectivity index (χ0v) is 17.4. The van der Waals surface area contributed by atoms with Crippen LogP contribution >= 0.6 is 11.3 Å². The zero-order chi connectivity index (χ0) is 18.9. The number of hydrogen-bond acceptors (Lipinski definition) is 5. The zero-order valence-electron chi connectivity index (χ0n) is 15.9. The molecule has 146 valence electrons. The number of methoxy groups -OCH3 is 1. The van der Waals surface area contributed by atoms with Gasteiger partial charge in [0.05, 0.1) is 28.3 Å². The maximum absolute atomic E-state index is 12.9. The Hall–Kier alpha value is -1.86. The van der Waals surface area contributed by atoms with E-state index in [0.717, 1.165) is 9.40 Å². The lowest BCUT2D eigenvalue weighted by molar-refractivity contribution is -0.873. The number of benzene rings is 2. The summed E-state index contributed by atoms with van der Waals surface area (Å²) >= 11 is 1.56. The molecule has 0 aliphatic heterocycles. The summed E-state index contributed by atoms with van der Waals surface area (Å²) in [6, 6.07) is 11.0. The first-order valence-corrected chi connectivity index (χ1v) is 9.24. The second kappa shape index (κ2) is 8.44. The number of quaternary nitrogens is 1. The van der Waals surface area contributed by atoms with Gasteiger partial charge in [0.2, 0.25) is 0 Å². The molecule has 0 amide bonds. The van der Waals surface area contributed by atoms with Crippen molar-refractivity contribution < 1.29 is 31.5 Å². The largest absolute Gasteiger partial charge is 1.00 e. The normalized spacial score (nSPS) is 12.6. The molecule has 1 N–H and O–H groups in total. The molecule has 0 fully saturated rings. The second-order valence-electron chi connectivity index (χ2n) is 7.39. The first-order valence-electron chi connectivity index (χ1n) is 8.43. The molecule has 0 saturated heterocycles. The molecule has 1 heterocycles. The summed E-state index contributed by atoms with van der Waals surface area (Å²) in [7, 11) is 7.64. The fourth-order valence-corrected chi connectivity index (χ4v) is 3.94. The number of halogens is 1. The van der Waals surface area contributed by atoms with Gasteiger partial charge in [0.25, 0.3) is 0 Å². The summed E-state index contributed by atoms with van der Waals surface area (Å²) in [6.07, 6.45) is -0.568. The van der Waals surface area contributed by atoms with Gasteiger partial charge < -0.3 is 31.5 Å². The minimum absolute atomic E-state index is 0. The van der Waals surface area contributed by atoms with E-state index in [1.165, 1.54) is 0 Å². The topological polar surface area (TPSA) is 55.8 Å². The number of aliphatic hydroxyl groups is 1. The molecule has 0 aliphatic rings. The number of aliphatic hydroxyl groups excluding tert-OH is 1. The van der Waals surface area contributed by atoms with Crippen molar-refractivity contribution in [2.24, 2.45) is 0 Å². The number of rotatable bonds is 6. The molecule has 1 atom stereocenters. The molecular formula is C20H24ClNO4S. The molecule has 7 heteroatoms. The third-order valence-corrected chi connectivity index (χ3v) is 5.20. The molecule has 2 aromatic carbocycles. The first kappa shape index (κ1) is 21.4. The lowest BCUT2D eigenvalue weighted by Gasteiger charge is -2.26. The summed E-state index contributed by atoms with van der Waals surface area (Å²) in [5.41, 5.74) is -0.0370. The van der Waals surface area contributed by atoms with Crippen LogP contribution in [0.15, 0.2) is 41.2 Å². The van der Waals surface area contributed by atoms with Gasteiger partial charge in [0, 0.05) is 20.2 Å². The third kappa shape index (κ3) is 5.11. The van der Waals surface area contributed by atoms with Crippen LogP contribution in [0.25, 0.3) is 20.2 Å². The van der Waals surface area contributed by atoms with E-state index in [4.69, 9.17) is 9.47 Å². The van der Waals surface area contributed by atoms with Crippen LogP contribution in [0.4, 0.5) is 0 Å². The molecule has 1 unspecified atom stereocenters. The monoisotopic (exact) mass is 409 g/mol. The summed E-state index contributed by atoms with van der Waals surface area (Å²) < 4.78 is 13.4. The number of fused-ring (bicyclic) bond motifs is 2. The van der Waals surface area contributed by atoms with Gasteiger partial charge in [-0.3, -0.25) is 4.79 Å². The first-order chi connectivity index (χ1) is 12.3. The summed E-state index contributed by atoms with van der Waals surface area (Å²) in [5.74, 6) is 1.25. The molecule has 1 aromatic heterocycles. The van der Waals surface area contributed by atoms with Gasteiger partial charge in [-0.05, 0) is 36.4 Å². The highest BCUT2D eigenvalue weighted by Crippen LogP contribution is 2.29. The standard InChI is InChI=1S/C20H24NO4S.ClH/c1-21(2,3)11-13(22)12-25-15-6-8-19-17(10-15)20(23)16-9-14(24-4)5-7-18(16)26-19;/h5-10,13,22H,11-12H2,1-4H3;1H/q+1;/p-1. The van der Waals surface area contributed by atoms with E-state index in [1.807, 2.05) is 45.4 Å². The van der Waals surface area contributed by atoms with Crippen molar-refractivity contribution in [1.82, 2.24) is 0 Å². The van der Waals surface area contributed by atoms with E-state index in [2.05, 4.69) is 0 Å². The quantitative estimate of drug-likeness (QED) is 0.455. The molecule has 27 heavy (non-hydrogen) atoms. The molecule has 0 bridgehead atoms. The molecule has 0 radical (unpaired) electrons. The van der Waals surface area contributed by atoms with E-state index < -0.39 is 6.10 Å². The van der Waals surface area contributed by atoms with Crippen molar-refractivity contribution >= 4 is 31.5 Å². The Balaban J connectivity index is 0.00000261. The van der Waals surface area contributed by atoms with E-state index in [9.17, 15) is 9.90 Å². The third-order valence-electron chi connectivity index (χ3n) is 4.05. The van der Waals surface area contributed by atoms with Crippen LogP contribution < -0.4 is 27.3 Å². The Morgan fingerprint density at radius 3 is 2.15 bits per heavy atom. The van der Waals surface area contributed by atoms with Crippen LogP contribution in [-0.4, -0.2) is 57.1 Å². The lowest BCUT2D eigenvalue weighted by Crippen LogP contribution is -3.00. The Morgan fingerprint density at radius 2 is 1.59 bits per heavy atom. The van der Waals surface area contributed by atoms with Crippen LogP contribution in [0.3, 0.4) is 0 Å². The Labute approximate surface area is 168 Å². The molecule has 3 rings (SSSR count). The maximum atomic E-state index is 12.9. The van der Waals surface area contributed by atoms with Gasteiger partial charge >= 0.3 is 0 Å². The van der Waals surface area contributed by atoms with Crippen molar-refractivity contribution in [3.63, 3.8) is 0 Å². The Kier molecular flexibility index (Phi) is 6.70. The van der Waals surface area contributed by atoms with Crippen molar-refractivity contribution in [1.29, 1.82) is 0 Å². The number of nitrogens with zero attached hydrogens (tertiary/aromatic N) is 1. The number of hydrogen-bond donors (Lipinski definition) is 1. The number of likely N-dealkylation sites (N-methyl/N-ethyl adjacent to an activating group) is 1. The summed E-state index contributed by atoms with van der Waals surface area (Å²) in [4.78, 5) is 12.9. The van der Waals surface area contributed by atoms with Gasteiger partial charge in [-0.2, -0.15) is 0 Å². The van der Waals surface area contributed by atoms with Crippen molar-refractivity contribution in [2.75, 3.05) is 41.4 Å². The summed E-state index contributed by atoms with van der Waals surface area (Å²) in [5, 5.41) is 11.4. The van der Waals surface area contributed by atoms with Crippen LogP contribution in [0.2, 0.25) is 0 Å². The SMILES string of the molecule is COc1ccc2sc3ccc(OCC(O)C[N+](C)(C)C)cc3c(=O)c2c1.[Cl-]. The highest BCUT2D eigenvalue weighted by molar-refractivity contribution is 7.24. The molecule has 3 aromatic rings. The molecular weight excluding hydrogens is 386 g/mol. The highest BCUT2D eigenvalue weighted by Gasteiger charge is 2.16. The van der Waals surface area contributed by atoms with Gasteiger partial charge in [-0.1, -0.05) is 0 Å². The van der Waals surface area contributed by atoms with Crippen LogP contribution in [0, 0.1) is 0 Å². The minimum atomic E-state index is -0.568. The Bertz CT molecular complexity index is 997. The van der Waals surface area contributed by atoms with Gasteiger partial charge in [0.15, 0.2) is 5.43 Å². The lowest BCUT2D eigenvalue weighted by atomic mass is 10.1. The van der Waals surface area contributed by atoms with E-state index in [1.54, 1.807) is 30.6 Å². The fraction of sp³-hybridized carbons (Fsp3) is 0.350. The highest BCUT2D eigenvalue weighted by atomic mass is 35.5. The van der Waals surface area contributed by atoms with Crippen molar-refractivity contribution in [3.05, 3.63) is 46.6 Å². The Morgan fingerprint density at radius 1 is 1.04 bits per heavy atom. The van der Waals surface area contributed by atoms with Crippen molar-refractivity contribution in [3.8, 4) is 11.5 Å². The van der Waals surface area contributed by atoms with E-state index in [0.29, 0.717) is 33.3 Å². The predicted octanol–water partition coefficient (Wildman–Crippen LogP) is -0.127. The minimum Gasteiger partial charge on any atom is -1.00 e. The summed E-state index contributed by atoms with van der Waals surface area (Å²) in [6.45, 7) is 0.785. The molecule has 0 spiro atoms. The van der Waals surface area contributed by atoms with Crippen molar-refractivity contribution in [2.45, 2.75) is 6.10 Å². The van der Waals surface area contributed by atoms with Crippen LogP contribution in [0.5, 0.6) is 11.5 Å². The van der Waals surface area contributed by atoms with Crippen LogP contribution in [-0.2, 0) is 0 Å². The van der Waals surface area contributed by atoms with E-state index >= 15 is 0 Å². The molecule has 5 nitrogen and oxygen atoms in total. The smallest absolute Gasteiger partial charge is 0.196 e. The van der Waals surface area contributed by atoms with E-state index in [-0.39, 0.29) is 24.4 Å². The number of ether oxygens (including phenoxy) is 2. The molecule has 0 aliphatic carbocycles. The average molecular weight is 410 g/mol. The van der Waals surface area contributed by atoms with Gasteiger partial charge in [-0.25, -0.2) is 0 Å². The fourth-order valence-electron chi connectivity index (χ4n) is 2.91. The average Bonchev–Trinajstić information content (AvgIpc) is 2.58. The van der Waals surface area contributed by atoms with Crippen LogP contribution in [0.1, 0.15) is 0 Å². The maximum Gasteiger partial charge on any atom is 0.196 e. The predicted molar refractivity (Wildman–Crippen MR) is 107 cm³/mol. The second-order valence-corrected chi connectivity index (χ2v) is 8.47. The molecule has 0 saturated carbocycles. The van der Waals surface area contributed by atoms with Gasteiger partial charge in [0.1, 0.15) is 30.8 Å². The van der Waals surface area contributed by atoms with Gasteiger partial charge in [-0.15, -0.1) is 11.3 Å².